The molecule has 0 nitrogen and oxygen atoms in total. The lowest BCUT2D eigenvalue weighted by Crippen LogP contribution is -2.14. The molecule has 0 aromatic heterocycles. The van der Waals surface area contributed by atoms with E-state index < -0.39 is 0 Å². The van der Waals surface area contributed by atoms with Gasteiger partial charge >= 0.3 is 0 Å². The van der Waals surface area contributed by atoms with Crippen LogP contribution in [0.25, 0.3) is 0 Å². The Morgan fingerprint density at radius 3 is 2.50 bits per heavy atom. The first-order chi connectivity index (χ1) is 6.59. The van der Waals surface area contributed by atoms with Crippen LogP contribution in [-0.4, -0.2) is 0 Å². The highest BCUT2D eigenvalue weighted by atomic mass is 14.2. The van der Waals surface area contributed by atoms with Crippen LogP contribution >= 0.6 is 0 Å². The van der Waals surface area contributed by atoms with Gasteiger partial charge in [-0.1, -0.05) is 13.0 Å². The second-order valence-electron chi connectivity index (χ2n) is 4.94. The molecule has 1 aromatic rings. The van der Waals surface area contributed by atoms with Crippen LogP contribution in [0.15, 0.2) is 6.07 Å². The molecule has 1 aliphatic carbocycles. The summed E-state index contributed by atoms with van der Waals surface area (Å²) in [5.74, 6) is 0.878. The molecule has 1 unspecified atom stereocenters. The number of hydrogen-bond donors (Lipinski definition) is 0. The second kappa shape index (κ2) is 3.42. The molecule has 0 N–H and O–H groups in total. The smallest absolute Gasteiger partial charge is 0.0247 e. The Balaban J connectivity index is 2.57. The van der Waals surface area contributed by atoms with Gasteiger partial charge in [-0.05, 0) is 73.8 Å². The molecule has 1 aromatic carbocycles. The zero-order valence-corrected chi connectivity index (χ0v) is 9.78. The lowest BCUT2D eigenvalue weighted by Gasteiger charge is -2.26. The van der Waals surface area contributed by atoms with Gasteiger partial charge in [-0.25, -0.2) is 0 Å². The number of benzene rings is 1. The Labute approximate surface area is 87.3 Å². The third-order valence-corrected chi connectivity index (χ3v) is 3.76. The molecular formula is C14H20. The molecule has 0 saturated carbocycles. The summed E-state index contributed by atoms with van der Waals surface area (Å²) in [4.78, 5) is 0. The maximum atomic E-state index is 2.37. The molecule has 0 bridgehead atoms. The molecule has 0 heterocycles. The van der Waals surface area contributed by atoms with Gasteiger partial charge in [0.15, 0.2) is 0 Å². The largest absolute Gasteiger partial charge is 0.0622 e. The average Bonchev–Trinajstić information content (AvgIpc) is 2.14. The SMILES string of the molecule is Cc1cc(C)c2c(c1C)CCC(C)C2. The predicted octanol–water partition coefficient (Wildman–Crippen LogP) is 3.74. The fourth-order valence-corrected chi connectivity index (χ4v) is 2.69. The highest BCUT2D eigenvalue weighted by Crippen LogP contribution is 2.31. The van der Waals surface area contributed by atoms with Gasteiger partial charge in [-0.2, -0.15) is 0 Å². The van der Waals surface area contributed by atoms with E-state index in [2.05, 4.69) is 33.8 Å². The molecule has 0 saturated heterocycles. The number of fused-ring (bicyclic) bond motifs is 1. The van der Waals surface area contributed by atoms with Crippen LogP contribution in [0.2, 0.25) is 0 Å². The second-order valence-corrected chi connectivity index (χ2v) is 4.94. The molecule has 0 heteroatoms. The highest BCUT2D eigenvalue weighted by Gasteiger charge is 2.19. The van der Waals surface area contributed by atoms with E-state index in [1.165, 1.54) is 36.0 Å². The molecule has 14 heavy (non-hydrogen) atoms. The monoisotopic (exact) mass is 188 g/mol. The molecule has 2 rings (SSSR count). The van der Waals surface area contributed by atoms with Gasteiger partial charge in [0.05, 0.1) is 0 Å². The molecule has 0 spiro atoms. The zero-order chi connectivity index (χ0) is 10.3. The standard InChI is InChI=1S/C14H20/c1-9-5-6-13-12(4)10(2)8-11(3)14(13)7-9/h8-9H,5-7H2,1-4H3. The van der Waals surface area contributed by atoms with Crippen molar-refractivity contribution in [3.63, 3.8) is 0 Å². The summed E-state index contributed by atoms with van der Waals surface area (Å²) in [6.07, 6.45) is 3.96. The van der Waals surface area contributed by atoms with Crippen LogP contribution in [0, 0.1) is 26.7 Å². The van der Waals surface area contributed by atoms with Crippen molar-refractivity contribution in [3.8, 4) is 0 Å². The first-order valence-electron chi connectivity index (χ1n) is 5.68. The summed E-state index contributed by atoms with van der Waals surface area (Å²) < 4.78 is 0. The van der Waals surface area contributed by atoms with Crippen molar-refractivity contribution in [1.82, 2.24) is 0 Å². The summed E-state index contributed by atoms with van der Waals surface area (Å²) in [5.41, 5.74) is 7.82. The molecule has 76 valence electrons. The van der Waals surface area contributed by atoms with Crippen LogP contribution in [0.1, 0.15) is 41.2 Å². The topological polar surface area (TPSA) is 0 Å². The lowest BCUT2D eigenvalue weighted by molar-refractivity contribution is 0.498. The van der Waals surface area contributed by atoms with Crippen molar-refractivity contribution in [2.45, 2.75) is 47.0 Å². The first kappa shape index (κ1) is 9.76. The van der Waals surface area contributed by atoms with Crippen molar-refractivity contribution < 1.29 is 0 Å². The Hall–Kier alpha value is -0.780. The van der Waals surface area contributed by atoms with Crippen LogP contribution in [0.3, 0.4) is 0 Å². The Morgan fingerprint density at radius 2 is 1.79 bits per heavy atom. The van der Waals surface area contributed by atoms with E-state index in [4.69, 9.17) is 0 Å². The van der Waals surface area contributed by atoms with Crippen LogP contribution < -0.4 is 0 Å². The van der Waals surface area contributed by atoms with E-state index in [-0.39, 0.29) is 0 Å². The van der Waals surface area contributed by atoms with E-state index in [0.29, 0.717) is 0 Å². The minimum atomic E-state index is 0.878. The first-order valence-corrected chi connectivity index (χ1v) is 5.68. The Bertz CT molecular complexity index is 361. The predicted molar refractivity (Wildman–Crippen MR) is 61.8 cm³/mol. The van der Waals surface area contributed by atoms with Crippen molar-refractivity contribution in [1.29, 1.82) is 0 Å². The highest BCUT2D eigenvalue weighted by molar-refractivity contribution is 5.46. The molecule has 0 amide bonds. The van der Waals surface area contributed by atoms with Gasteiger partial charge in [0.1, 0.15) is 0 Å². The average molecular weight is 188 g/mol. The summed E-state index contributed by atoms with van der Waals surface area (Å²) in [7, 11) is 0. The number of hydrogen-bond acceptors (Lipinski definition) is 0. The Morgan fingerprint density at radius 1 is 1.07 bits per heavy atom. The summed E-state index contributed by atoms with van der Waals surface area (Å²) in [5, 5.41) is 0. The van der Waals surface area contributed by atoms with Crippen molar-refractivity contribution in [3.05, 3.63) is 33.9 Å². The number of aryl methyl sites for hydroxylation is 2. The molecular weight excluding hydrogens is 168 g/mol. The quantitative estimate of drug-likeness (QED) is 0.582. The minimum absolute atomic E-state index is 0.878. The molecule has 1 atom stereocenters. The van der Waals surface area contributed by atoms with Gasteiger partial charge in [-0.3, -0.25) is 0 Å². The maximum Gasteiger partial charge on any atom is -0.0247 e. The molecule has 1 aliphatic rings. The van der Waals surface area contributed by atoms with Gasteiger partial charge in [0.2, 0.25) is 0 Å². The van der Waals surface area contributed by atoms with Crippen LogP contribution in [0.4, 0.5) is 0 Å². The van der Waals surface area contributed by atoms with Crippen LogP contribution in [-0.2, 0) is 12.8 Å². The van der Waals surface area contributed by atoms with Crippen molar-refractivity contribution in [2.24, 2.45) is 5.92 Å². The van der Waals surface area contributed by atoms with E-state index in [1.54, 1.807) is 11.1 Å². The van der Waals surface area contributed by atoms with Gasteiger partial charge in [-0.15, -0.1) is 0 Å². The molecule has 0 fully saturated rings. The van der Waals surface area contributed by atoms with Crippen LogP contribution in [0.5, 0.6) is 0 Å². The van der Waals surface area contributed by atoms with E-state index >= 15 is 0 Å². The molecule has 0 radical (unpaired) electrons. The number of rotatable bonds is 0. The van der Waals surface area contributed by atoms with E-state index in [1.807, 2.05) is 0 Å². The third kappa shape index (κ3) is 1.47. The van der Waals surface area contributed by atoms with Crippen molar-refractivity contribution >= 4 is 0 Å². The van der Waals surface area contributed by atoms with Gasteiger partial charge in [0.25, 0.3) is 0 Å². The normalized spacial score (nSPS) is 20.7. The Kier molecular flexibility index (Phi) is 2.38. The zero-order valence-electron chi connectivity index (χ0n) is 9.78. The van der Waals surface area contributed by atoms with Crippen molar-refractivity contribution in [2.75, 3.05) is 0 Å². The fraction of sp³-hybridized carbons (Fsp3) is 0.571. The van der Waals surface area contributed by atoms with Gasteiger partial charge in [0, 0.05) is 0 Å². The summed E-state index contributed by atoms with van der Waals surface area (Å²) in [6, 6.07) is 2.35. The van der Waals surface area contributed by atoms with Gasteiger partial charge < -0.3 is 0 Å². The van der Waals surface area contributed by atoms with E-state index in [0.717, 1.165) is 5.92 Å². The lowest BCUT2D eigenvalue weighted by atomic mass is 9.79. The molecule has 0 aliphatic heterocycles. The van der Waals surface area contributed by atoms with E-state index in [9.17, 15) is 0 Å². The summed E-state index contributed by atoms with van der Waals surface area (Å²) in [6.45, 7) is 9.16. The summed E-state index contributed by atoms with van der Waals surface area (Å²) >= 11 is 0. The maximum absolute atomic E-state index is 2.37. The third-order valence-electron chi connectivity index (χ3n) is 3.76. The minimum Gasteiger partial charge on any atom is -0.0622 e. The fourth-order valence-electron chi connectivity index (χ4n) is 2.69.